The van der Waals surface area contributed by atoms with Crippen LogP contribution in [0.5, 0.6) is 0 Å². The minimum atomic E-state index is -1.90. The van der Waals surface area contributed by atoms with Gasteiger partial charge in [0.15, 0.2) is 8.32 Å². The highest BCUT2D eigenvalue weighted by Gasteiger charge is 2.39. The standard InChI is InChI=1S/C28H36O2SSi.H2S/c1-27(2,3)32(4,5)30-21-26(29)22-31-28(23-15-9-6-10-16-23,24-17-11-7-12-18-24)25-19-13-8-14-20-25;/h6-20,26,29H,21-22H2,1-5H3;1H2/t26-;/m0./s1. The van der Waals surface area contributed by atoms with Crippen LogP contribution in [0.3, 0.4) is 0 Å². The highest BCUT2D eigenvalue weighted by Crippen LogP contribution is 2.48. The molecule has 3 aromatic carbocycles. The lowest BCUT2D eigenvalue weighted by Gasteiger charge is -2.38. The Balaban J connectivity index is 0.00000385. The van der Waals surface area contributed by atoms with Crippen molar-refractivity contribution < 1.29 is 9.53 Å². The summed E-state index contributed by atoms with van der Waals surface area (Å²) < 4.78 is 5.90. The lowest BCUT2D eigenvalue weighted by atomic mass is 9.84. The largest absolute Gasteiger partial charge is 0.414 e. The highest BCUT2D eigenvalue weighted by molar-refractivity contribution is 8.00. The van der Waals surface area contributed by atoms with E-state index in [-0.39, 0.29) is 18.5 Å². The first kappa shape index (κ1) is 27.7. The molecule has 0 aliphatic heterocycles. The highest BCUT2D eigenvalue weighted by atomic mass is 32.2. The van der Waals surface area contributed by atoms with E-state index in [9.17, 15) is 5.11 Å². The Kier molecular flexibility index (Phi) is 9.89. The molecule has 0 amide bonds. The molecule has 0 bridgehead atoms. The zero-order chi connectivity index (χ0) is 23.2. The molecule has 0 spiro atoms. The van der Waals surface area contributed by atoms with E-state index >= 15 is 0 Å². The fourth-order valence-electron chi connectivity index (χ4n) is 3.56. The Bertz CT molecular complexity index is 861. The third-order valence-corrected chi connectivity index (χ3v) is 12.7. The first-order chi connectivity index (χ1) is 15.2. The number of aliphatic hydroxyl groups is 1. The van der Waals surface area contributed by atoms with Gasteiger partial charge in [-0.05, 0) is 34.8 Å². The molecule has 0 unspecified atom stereocenters. The number of aliphatic hydroxyl groups excluding tert-OH is 1. The van der Waals surface area contributed by atoms with Gasteiger partial charge in [-0.1, -0.05) is 112 Å². The van der Waals surface area contributed by atoms with E-state index in [1.165, 1.54) is 16.7 Å². The fourth-order valence-corrected chi connectivity index (χ4v) is 6.05. The van der Waals surface area contributed by atoms with E-state index in [0.29, 0.717) is 12.4 Å². The van der Waals surface area contributed by atoms with Crippen LogP contribution < -0.4 is 0 Å². The monoisotopic (exact) mass is 498 g/mol. The minimum Gasteiger partial charge on any atom is -0.414 e. The van der Waals surface area contributed by atoms with E-state index in [0.717, 1.165) is 0 Å². The second kappa shape index (κ2) is 11.8. The summed E-state index contributed by atoms with van der Waals surface area (Å²) in [6.45, 7) is 11.5. The molecular formula is C28H38O2S2Si. The second-order valence-corrected chi connectivity index (χ2v) is 15.9. The molecule has 1 atom stereocenters. The Hall–Kier alpha value is -1.50. The summed E-state index contributed by atoms with van der Waals surface area (Å²) in [6.07, 6.45) is -0.537. The summed E-state index contributed by atoms with van der Waals surface area (Å²) in [5.74, 6) is 0.577. The molecule has 2 nitrogen and oxygen atoms in total. The molecule has 5 heteroatoms. The van der Waals surface area contributed by atoms with Gasteiger partial charge in [0.25, 0.3) is 0 Å². The Morgan fingerprint density at radius 3 is 1.45 bits per heavy atom. The van der Waals surface area contributed by atoms with E-state index in [2.05, 4.69) is 125 Å². The summed E-state index contributed by atoms with van der Waals surface area (Å²) in [7, 11) is -1.90. The molecule has 0 aliphatic rings. The third-order valence-electron chi connectivity index (χ3n) is 6.48. The molecule has 0 saturated carbocycles. The van der Waals surface area contributed by atoms with Crippen molar-refractivity contribution in [2.45, 2.75) is 49.8 Å². The molecule has 0 radical (unpaired) electrons. The molecular weight excluding hydrogens is 461 g/mol. The predicted molar refractivity (Wildman–Crippen MR) is 151 cm³/mol. The van der Waals surface area contributed by atoms with Crippen molar-refractivity contribution in [1.82, 2.24) is 0 Å². The van der Waals surface area contributed by atoms with Crippen LogP contribution in [0.1, 0.15) is 37.5 Å². The number of hydrogen-bond donors (Lipinski definition) is 1. The Labute approximate surface area is 212 Å². The van der Waals surface area contributed by atoms with Crippen LogP contribution in [-0.4, -0.2) is 31.9 Å². The molecule has 3 aromatic rings. The maximum Gasteiger partial charge on any atom is 0.192 e. The van der Waals surface area contributed by atoms with Crippen molar-refractivity contribution in [3.05, 3.63) is 108 Å². The van der Waals surface area contributed by atoms with Gasteiger partial charge in [-0.15, -0.1) is 11.8 Å². The maximum atomic E-state index is 11.0. The fraction of sp³-hybridized carbons (Fsp3) is 0.357. The zero-order valence-electron chi connectivity index (χ0n) is 20.4. The molecule has 0 aromatic heterocycles. The van der Waals surface area contributed by atoms with Crippen molar-refractivity contribution in [2.24, 2.45) is 0 Å². The SMILES string of the molecule is CC(C)(C)[Si](C)(C)OC[C@H](O)CSC(c1ccccc1)(c1ccccc1)c1ccccc1.S. The second-order valence-electron chi connectivity index (χ2n) is 9.82. The molecule has 178 valence electrons. The van der Waals surface area contributed by atoms with Gasteiger partial charge >= 0.3 is 0 Å². The molecule has 0 saturated heterocycles. The smallest absolute Gasteiger partial charge is 0.192 e. The quantitative estimate of drug-likeness (QED) is 0.250. The average Bonchev–Trinajstić information content (AvgIpc) is 2.79. The first-order valence-electron chi connectivity index (χ1n) is 11.3. The van der Waals surface area contributed by atoms with Gasteiger partial charge in [0.1, 0.15) is 0 Å². The van der Waals surface area contributed by atoms with Gasteiger partial charge in [-0.2, -0.15) is 13.5 Å². The molecule has 0 fully saturated rings. The van der Waals surface area contributed by atoms with Gasteiger partial charge in [0.2, 0.25) is 0 Å². The summed E-state index contributed by atoms with van der Waals surface area (Å²) in [5.41, 5.74) is 3.62. The maximum absolute atomic E-state index is 11.0. The van der Waals surface area contributed by atoms with Gasteiger partial charge < -0.3 is 9.53 Å². The van der Waals surface area contributed by atoms with Crippen molar-refractivity contribution >= 4 is 33.6 Å². The summed E-state index contributed by atoms with van der Waals surface area (Å²) in [6, 6.07) is 31.8. The number of hydrogen-bond acceptors (Lipinski definition) is 3. The minimum absolute atomic E-state index is 0. The van der Waals surface area contributed by atoms with Crippen LogP contribution in [0.2, 0.25) is 18.1 Å². The first-order valence-corrected chi connectivity index (χ1v) is 15.2. The lowest BCUT2D eigenvalue weighted by Crippen LogP contribution is -2.43. The molecule has 0 heterocycles. The number of benzene rings is 3. The molecule has 0 aliphatic carbocycles. The van der Waals surface area contributed by atoms with Gasteiger partial charge in [0, 0.05) is 5.75 Å². The van der Waals surface area contributed by atoms with E-state index in [4.69, 9.17) is 4.43 Å². The van der Waals surface area contributed by atoms with Crippen LogP contribution in [0, 0.1) is 0 Å². The van der Waals surface area contributed by atoms with Gasteiger partial charge in [0.05, 0.1) is 17.5 Å². The van der Waals surface area contributed by atoms with E-state index in [1.54, 1.807) is 11.8 Å². The Morgan fingerprint density at radius 2 is 1.12 bits per heavy atom. The average molecular weight is 499 g/mol. The van der Waals surface area contributed by atoms with Gasteiger partial charge in [-0.3, -0.25) is 0 Å². The van der Waals surface area contributed by atoms with Crippen LogP contribution in [0.25, 0.3) is 0 Å². The van der Waals surface area contributed by atoms with Crippen LogP contribution >= 0.6 is 25.3 Å². The summed E-state index contributed by atoms with van der Waals surface area (Å²) >= 11 is 1.78. The molecule has 33 heavy (non-hydrogen) atoms. The zero-order valence-corrected chi connectivity index (χ0v) is 23.2. The summed E-state index contributed by atoms with van der Waals surface area (Å²) in [4.78, 5) is 0. The normalized spacial score (nSPS) is 13.3. The number of thioether (sulfide) groups is 1. The third kappa shape index (κ3) is 6.55. The predicted octanol–water partition coefficient (Wildman–Crippen LogP) is 7.21. The van der Waals surface area contributed by atoms with Crippen LogP contribution in [-0.2, 0) is 9.17 Å². The lowest BCUT2D eigenvalue weighted by molar-refractivity contribution is 0.118. The van der Waals surface area contributed by atoms with Crippen molar-refractivity contribution in [2.75, 3.05) is 12.4 Å². The number of rotatable bonds is 9. The van der Waals surface area contributed by atoms with Gasteiger partial charge in [-0.25, -0.2) is 0 Å². The van der Waals surface area contributed by atoms with E-state index in [1.807, 2.05) is 0 Å². The molecule has 1 N–H and O–H groups in total. The van der Waals surface area contributed by atoms with Crippen molar-refractivity contribution in [1.29, 1.82) is 0 Å². The summed E-state index contributed by atoms with van der Waals surface area (Å²) in [5, 5.41) is 11.1. The van der Waals surface area contributed by atoms with Crippen LogP contribution in [0.15, 0.2) is 91.0 Å². The molecule has 3 rings (SSSR count). The van der Waals surface area contributed by atoms with Crippen LogP contribution in [0.4, 0.5) is 0 Å². The van der Waals surface area contributed by atoms with Crippen molar-refractivity contribution in [3.63, 3.8) is 0 Å². The van der Waals surface area contributed by atoms with E-state index < -0.39 is 19.2 Å². The topological polar surface area (TPSA) is 29.5 Å². The Morgan fingerprint density at radius 1 is 0.758 bits per heavy atom. The van der Waals surface area contributed by atoms with Crippen molar-refractivity contribution in [3.8, 4) is 0 Å².